The molecule has 1 aliphatic heterocycles. The van der Waals surface area contributed by atoms with Crippen molar-refractivity contribution < 1.29 is 13.2 Å². The van der Waals surface area contributed by atoms with Crippen molar-refractivity contribution in [3.05, 3.63) is 58.1 Å². The quantitative estimate of drug-likeness (QED) is 0.668. The smallest absolute Gasteiger partial charge is 0.191 e. The number of halogens is 3. The normalized spacial score (nSPS) is 17.0. The maximum atomic E-state index is 14.6. The largest absolute Gasteiger partial charge is 0.394 e. The third-order valence-electron chi connectivity index (χ3n) is 4.70. The zero-order chi connectivity index (χ0) is 19.3. The Labute approximate surface area is 151 Å². The van der Waals surface area contributed by atoms with Crippen LogP contribution in [-0.4, -0.2) is 28.7 Å². The van der Waals surface area contributed by atoms with E-state index in [1.165, 1.54) is 16.8 Å². The van der Waals surface area contributed by atoms with Crippen LogP contribution in [0.15, 0.2) is 35.3 Å². The number of anilines is 2. The van der Waals surface area contributed by atoms with Crippen molar-refractivity contribution in [1.82, 2.24) is 9.55 Å². The lowest BCUT2D eigenvalue weighted by atomic mass is 10.2. The zero-order valence-electron chi connectivity index (χ0n) is 14.1. The van der Waals surface area contributed by atoms with Gasteiger partial charge in [-0.3, -0.25) is 9.36 Å². The lowest BCUT2D eigenvalue weighted by Gasteiger charge is -2.19. The Morgan fingerprint density at radius 2 is 1.93 bits per heavy atom. The number of aromatic nitrogens is 2. The maximum Gasteiger partial charge on any atom is 0.191 e. The highest BCUT2D eigenvalue weighted by Crippen LogP contribution is 2.27. The third kappa shape index (κ3) is 2.80. The third-order valence-corrected chi connectivity index (χ3v) is 4.70. The van der Waals surface area contributed by atoms with Crippen molar-refractivity contribution in [2.75, 3.05) is 23.7 Å². The number of nitrogens with zero attached hydrogens (tertiary/aromatic N) is 3. The maximum absolute atomic E-state index is 14.6. The van der Waals surface area contributed by atoms with Gasteiger partial charge < -0.3 is 16.4 Å². The fourth-order valence-electron chi connectivity index (χ4n) is 3.28. The Bertz CT molecular complexity index is 1110. The Hall–Kier alpha value is -3.07. The number of hydrogen-bond donors (Lipinski definition) is 2. The molecule has 6 nitrogen and oxygen atoms in total. The molecular formula is C18H16F3N5O. The van der Waals surface area contributed by atoms with Gasteiger partial charge in [0.15, 0.2) is 28.5 Å². The first-order chi connectivity index (χ1) is 12.9. The molecule has 0 aliphatic carbocycles. The van der Waals surface area contributed by atoms with Crippen molar-refractivity contribution in [3.8, 4) is 5.69 Å². The van der Waals surface area contributed by atoms with Crippen molar-refractivity contribution in [1.29, 1.82) is 0 Å². The van der Waals surface area contributed by atoms with Crippen LogP contribution in [0, 0.1) is 17.5 Å². The molecule has 1 saturated heterocycles. The van der Waals surface area contributed by atoms with Gasteiger partial charge in [-0.15, -0.1) is 0 Å². The predicted octanol–water partition coefficient (Wildman–Crippen LogP) is 1.92. The van der Waals surface area contributed by atoms with E-state index in [1.54, 1.807) is 4.90 Å². The van der Waals surface area contributed by atoms with Gasteiger partial charge in [-0.1, -0.05) is 0 Å². The van der Waals surface area contributed by atoms with Gasteiger partial charge in [0.2, 0.25) is 0 Å². The number of fused-ring (bicyclic) bond motifs is 1. The van der Waals surface area contributed by atoms with Crippen molar-refractivity contribution >= 4 is 22.5 Å². The molecule has 3 heterocycles. The number of nitrogens with two attached hydrogens (primary N) is 2. The van der Waals surface area contributed by atoms with E-state index in [0.717, 1.165) is 18.2 Å². The molecule has 9 heteroatoms. The Kier molecular flexibility index (Phi) is 4.03. The number of rotatable bonds is 2. The minimum atomic E-state index is -0.990. The summed E-state index contributed by atoms with van der Waals surface area (Å²) >= 11 is 0. The second kappa shape index (κ2) is 6.27. The topological polar surface area (TPSA) is 90.2 Å². The molecule has 0 unspecified atom stereocenters. The van der Waals surface area contributed by atoms with Gasteiger partial charge in [0.1, 0.15) is 11.5 Å². The van der Waals surface area contributed by atoms with Gasteiger partial charge in [-0.05, 0) is 24.6 Å². The molecule has 0 spiro atoms. The molecule has 1 aliphatic rings. The second-order valence-electron chi connectivity index (χ2n) is 6.50. The van der Waals surface area contributed by atoms with E-state index in [0.29, 0.717) is 19.5 Å². The van der Waals surface area contributed by atoms with Crippen molar-refractivity contribution in [3.63, 3.8) is 0 Å². The van der Waals surface area contributed by atoms with Crippen molar-refractivity contribution in [2.45, 2.75) is 12.5 Å². The van der Waals surface area contributed by atoms with Crippen LogP contribution in [0.5, 0.6) is 0 Å². The monoisotopic (exact) mass is 375 g/mol. The molecule has 2 aromatic heterocycles. The molecule has 0 bridgehead atoms. The Balaban J connectivity index is 1.98. The summed E-state index contributed by atoms with van der Waals surface area (Å²) in [6.45, 7) is 0.940. The van der Waals surface area contributed by atoms with Crippen LogP contribution in [0.4, 0.5) is 24.7 Å². The number of benzene rings is 1. The summed E-state index contributed by atoms with van der Waals surface area (Å²) in [4.78, 5) is 18.1. The van der Waals surface area contributed by atoms with E-state index in [9.17, 15) is 18.0 Å². The fourth-order valence-corrected chi connectivity index (χ4v) is 3.28. The highest BCUT2D eigenvalue weighted by Gasteiger charge is 2.24. The van der Waals surface area contributed by atoms with Crippen LogP contribution in [-0.2, 0) is 0 Å². The lowest BCUT2D eigenvalue weighted by Crippen LogP contribution is -2.28. The molecule has 3 aromatic rings. The summed E-state index contributed by atoms with van der Waals surface area (Å²) in [5.74, 6) is -2.51. The first kappa shape index (κ1) is 17.3. The molecule has 4 rings (SSSR count). The van der Waals surface area contributed by atoms with E-state index < -0.39 is 28.6 Å². The standard InChI is InChI=1S/C18H16F3N5O/c19-11-1-2-13(15(21)16(11)23)26-6-4-14(27)10-7-12(20)18(24-17(10)26)25-5-3-9(22)8-25/h1-2,4,6-7,9H,3,5,8,22-23H2/t9-/m0/s1. The minimum absolute atomic E-state index is 0.0236. The van der Waals surface area contributed by atoms with E-state index in [-0.39, 0.29) is 28.6 Å². The summed E-state index contributed by atoms with van der Waals surface area (Å²) in [5.41, 5.74) is 10.1. The van der Waals surface area contributed by atoms with Crippen LogP contribution in [0.3, 0.4) is 0 Å². The molecule has 1 aromatic carbocycles. The average molecular weight is 375 g/mol. The van der Waals surface area contributed by atoms with Gasteiger partial charge in [-0.25, -0.2) is 18.2 Å². The molecule has 27 heavy (non-hydrogen) atoms. The second-order valence-corrected chi connectivity index (χ2v) is 6.50. The van der Waals surface area contributed by atoms with Crippen LogP contribution in [0.2, 0.25) is 0 Å². The molecule has 4 N–H and O–H groups in total. The van der Waals surface area contributed by atoms with Crippen LogP contribution < -0.4 is 21.8 Å². The summed E-state index contributed by atoms with van der Waals surface area (Å²) in [6.07, 6.45) is 1.98. The fraction of sp³-hybridized carbons (Fsp3) is 0.222. The summed E-state index contributed by atoms with van der Waals surface area (Å²) in [7, 11) is 0. The average Bonchev–Trinajstić information content (AvgIpc) is 3.07. The minimum Gasteiger partial charge on any atom is -0.394 e. The molecular weight excluding hydrogens is 359 g/mol. The molecule has 140 valence electrons. The van der Waals surface area contributed by atoms with E-state index in [2.05, 4.69) is 4.98 Å². The van der Waals surface area contributed by atoms with Gasteiger partial charge in [0, 0.05) is 31.4 Å². The number of hydrogen-bond acceptors (Lipinski definition) is 5. The van der Waals surface area contributed by atoms with Gasteiger partial charge in [0.05, 0.1) is 11.1 Å². The summed E-state index contributed by atoms with van der Waals surface area (Å²) in [6, 6.07) is 4.33. The first-order valence-electron chi connectivity index (χ1n) is 8.33. The Morgan fingerprint density at radius 1 is 1.15 bits per heavy atom. The van der Waals surface area contributed by atoms with Crippen LogP contribution >= 0.6 is 0 Å². The van der Waals surface area contributed by atoms with Gasteiger partial charge in [-0.2, -0.15) is 0 Å². The van der Waals surface area contributed by atoms with E-state index in [4.69, 9.17) is 11.5 Å². The molecule has 1 fully saturated rings. The highest BCUT2D eigenvalue weighted by atomic mass is 19.1. The summed E-state index contributed by atoms with van der Waals surface area (Å²) in [5, 5.41) is -0.0236. The Morgan fingerprint density at radius 3 is 2.63 bits per heavy atom. The zero-order valence-corrected chi connectivity index (χ0v) is 14.1. The van der Waals surface area contributed by atoms with Crippen LogP contribution in [0.1, 0.15) is 6.42 Å². The molecule has 0 saturated carbocycles. The van der Waals surface area contributed by atoms with Gasteiger partial charge >= 0.3 is 0 Å². The van der Waals surface area contributed by atoms with Crippen LogP contribution in [0.25, 0.3) is 16.7 Å². The molecule has 1 atom stereocenters. The van der Waals surface area contributed by atoms with E-state index in [1.807, 2.05) is 0 Å². The first-order valence-corrected chi connectivity index (χ1v) is 8.33. The van der Waals surface area contributed by atoms with E-state index >= 15 is 0 Å². The van der Waals surface area contributed by atoms with Gasteiger partial charge in [0.25, 0.3) is 0 Å². The highest BCUT2D eigenvalue weighted by molar-refractivity contribution is 5.79. The predicted molar refractivity (Wildman–Crippen MR) is 96.4 cm³/mol. The number of nitrogen functional groups attached to an aromatic ring is 1. The lowest BCUT2D eigenvalue weighted by molar-refractivity contribution is 0.586. The molecule has 0 amide bonds. The SMILES string of the molecule is Nc1c(F)ccc(-n2ccc(=O)c3cc(F)c(N4CC[C@H](N)C4)nc32)c1F. The number of pyridine rings is 2. The van der Waals surface area contributed by atoms with Crippen molar-refractivity contribution in [2.24, 2.45) is 5.73 Å². The molecule has 0 radical (unpaired) electrons. The summed E-state index contributed by atoms with van der Waals surface area (Å²) < 4.78 is 43.8.